The van der Waals surface area contributed by atoms with Crippen molar-refractivity contribution in [2.24, 2.45) is 0 Å². The molecule has 2 aromatic carbocycles. The van der Waals surface area contributed by atoms with Crippen LogP contribution in [-0.4, -0.2) is 96.8 Å². The summed E-state index contributed by atoms with van der Waals surface area (Å²) in [6, 6.07) is 13.5. The molecule has 1 saturated heterocycles. The number of aliphatic hydroxyl groups excluding tert-OH is 1. The van der Waals surface area contributed by atoms with Crippen molar-refractivity contribution in [3.05, 3.63) is 70.8 Å². The minimum Gasteiger partial charge on any atom is -0.491 e. The Morgan fingerprint density at radius 1 is 1.06 bits per heavy atom. The lowest BCUT2D eigenvalue weighted by atomic mass is 10.1. The number of nitrogens with zero attached hydrogens (tertiary/aromatic N) is 2. The molecule has 2 unspecified atom stereocenters. The Morgan fingerprint density at radius 2 is 1.75 bits per heavy atom. The molecule has 48 heavy (non-hydrogen) atoms. The highest BCUT2D eigenvalue weighted by Crippen LogP contribution is 2.17. The van der Waals surface area contributed by atoms with Gasteiger partial charge < -0.3 is 35.8 Å². The maximum atomic E-state index is 13.4. The van der Waals surface area contributed by atoms with E-state index in [2.05, 4.69) is 21.3 Å². The molecular formula is C35H46N6O7. The lowest BCUT2D eigenvalue weighted by Crippen LogP contribution is -2.59. The Balaban J connectivity index is 1.75. The van der Waals surface area contributed by atoms with Crippen molar-refractivity contribution in [3.63, 3.8) is 0 Å². The van der Waals surface area contributed by atoms with Gasteiger partial charge in [-0.2, -0.15) is 5.26 Å². The van der Waals surface area contributed by atoms with Crippen molar-refractivity contribution < 1.29 is 33.8 Å². The van der Waals surface area contributed by atoms with Crippen LogP contribution in [0.4, 0.5) is 0 Å². The van der Waals surface area contributed by atoms with Crippen LogP contribution in [0.5, 0.6) is 5.75 Å². The van der Waals surface area contributed by atoms with Gasteiger partial charge in [0.1, 0.15) is 36.1 Å². The quantitative estimate of drug-likeness (QED) is 0.147. The third-order valence-electron chi connectivity index (χ3n) is 7.21. The molecule has 13 heteroatoms. The summed E-state index contributed by atoms with van der Waals surface area (Å²) in [5.74, 6) is -1.97. The SMILES string of the molecule is Cc1ccc(CNC(=O)[C@H](COc2cccc(C=C(C#N)C(=O)NC(C)(C)C)c2)NC(=O)C(NC(=O)CN2CCOCC2)C(C)O)cc1. The summed E-state index contributed by atoms with van der Waals surface area (Å²) in [4.78, 5) is 54.0. The zero-order chi connectivity index (χ0) is 35.3. The molecule has 0 spiro atoms. The van der Waals surface area contributed by atoms with Crippen LogP contribution in [-0.2, 0) is 30.5 Å². The number of carbonyl (C=O) groups excluding carboxylic acids is 4. The van der Waals surface area contributed by atoms with Crippen LogP contribution < -0.4 is 26.0 Å². The number of nitriles is 1. The predicted molar refractivity (Wildman–Crippen MR) is 179 cm³/mol. The van der Waals surface area contributed by atoms with Gasteiger partial charge in [0.2, 0.25) is 17.7 Å². The highest BCUT2D eigenvalue weighted by molar-refractivity contribution is 6.02. The first kappa shape index (κ1) is 37.7. The highest BCUT2D eigenvalue weighted by Gasteiger charge is 2.31. The second-order valence-electron chi connectivity index (χ2n) is 12.7. The number of rotatable bonds is 14. The van der Waals surface area contributed by atoms with Gasteiger partial charge in [-0.25, -0.2) is 0 Å². The number of benzene rings is 2. The molecule has 1 aliphatic heterocycles. The zero-order valence-corrected chi connectivity index (χ0v) is 28.2. The standard InChI is InChI=1S/C35H46N6O7/c1-23-9-11-25(12-10-23)20-37-33(45)29(38-34(46)31(24(2)42)39-30(43)21-41-13-15-47-16-14-41)22-48-28-8-6-7-26(18-28)17-27(19-36)32(44)40-35(3,4)5/h6-12,17-18,24,29,31,42H,13-16,20-22H2,1-5H3,(H,37,45)(H,38,46)(H,39,43)(H,40,44)/t24?,29-,31?/m0/s1. The first-order valence-electron chi connectivity index (χ1n) is 15.8. The van der Waals surface area contributed by atoms with Crippen LogP contribution in [0.25, 0.3) is 6.08 Å². The highest BCUT2D eigenvalue weighted by atomic mass is 16.5. The molecule has 0 radical (unpaired) electrons. The number of carbonyl (C=O) groups is 4. The predicted octanol–water partition coefficient (Wildman–Crippen LogP) is 1.19. The fourth-order valence-electron chi connectivity index (χ4n) is 4.65. The van der Waals surface area contributed by atoms with Gasteiger partial charge in [-0.05, 0) is 64.0 Å². The topological polar surface area (TPSA) is 182 Å². The van der Waals surface area contributed by atoms with Crippen molar-refractivity contribution in [2.75, 3.05) is 39.5 Å². The third-order valence-corrected chi connectivity index (χ3v) is 7.21. The molecule has 13 nitrogen and oxygen atoms in total. The van der Waals surface area contributed by atoms with Gasteiger partial charge in [0.05, 0.1) is 25.9 Å². The summed E-state index contributed by atoms with van der Waals surface area (Å²) >= 11 is 0. The van der Waals surface area contributed by atoms with Crippen molar-refractivity contribution in [3.8, 4) is 11.8 Å². The summed E-state index contributed by atoms with van der Waals surface area (Å²) < 4.78 is 11.2. The minimum absolute atomic E-state index is 0.0274. The second kappa shape index (κ2) is 18.0. The summed E-state index contributed by atoms with van der Waals surface area (Å²) in [5.41, 5.74) is 1.80. The molecular weight excluding hydrogens is 616 g/mol. The summed E-state index contributed by atoms with van der Waals surface area (Å²) in [6.07, 6.45) is 0.165. The Kier molecular flexibility index (Phi) is 14.1. The van der Waals surface area contributed by atoms with E-state index in [0.717, 1.165) is 11.1 Å². The van der Waals surface area contributed by atoms with E-state index >= 15 is 0 Å². The van der Waals surface area contributed by atoms with E-state index in [1.54, 1.807) is 24.3 Å². The fraction of sp³-hybridized carbons (Fsp3) is 0.457. The van der Waals surface area contributed by atoms with Gasteiger partial charge in [-0.1, -0.05) is 42.0 Å². The second-order valence-corrected chi connectivity index (χ2v) is 12.7. The van der Waals surface area contributed by atoms with E-state index in [1.807, 2.05) is 62.9 Å². The van der Waals surface area contributed by atoms with Gasteiger partial charge in [0.25, 0.3) is 5.91 Å². The molecule has 258 valence electrons. The normalized spacial score (nSPS) is 15.6. The number of aryl methyl sites for hydroxylation is 1. The van der Waals surface area contributed by atoms with Crippen molar-refractivity contribution >= 4 is 29.7 Å². The average Bonchev–Trinajstić information content (AvgIpc) is 3.03. The Morgan fingerprint density at radius 3 is 2.38 bits per heavy atom. The molecule has 0 saturated carbocycles. The molecule has 0 aromatic heterocycles. The first-order valence-corrected chi connectivity index (χ1v) is 15.8. The average molecular weight is 663 g/mol. The molecule has 0 bridgehead atoms. The van der Waals surface area contributed by atoms with Gasteiger partial charge >= 0.3 is 0 Å². The van der Waals surface area contributed by atoms with E-state index in [0.29, 0.717) is 37.6 Å². The van der Waals surface area contributed by atoms with E-state index in [9.17, 15) is 29.5 Å². The number of hydrogen-bond donors (Lipinski definition) is 5. The van der Waals surface area contributed by atoms with E-state index < -0.39 is 47.4 Å². The van der Waals surface area contributed by atoms with Gasteiger partial charge in [-0.3, -0.25) is 24.1 Å². The maximum absolute atomic E-state index is 13.4. The summed E-state index contributed by atoms with van der Waals surface area (Å²) in [6.45, 7) is 10.8. The smallest absolute Gasteiger partial charge is 0.262 e. The fourth-order valence-corrected chi connectivity index (χ4v) is 4.65. The minimum atomic E-state index is -1.33. The van der Waals surface area contributed by atoms with Crippen molar-refractivity contribution in [1.29, 1.82) is 5.26 Å². The lowest BCUT2D eigenvalue weighted by Gasteiger charge is -2.28. The number of amides is 4. The number of morpholine rings is 1. The van der Waals surface area contributed by atoms with Crippen LogP contribution in [0, 0.1) is 18.3 Å². The first-order chi connectivity index (χ1) is 22.7. The van der Waals surface area contributed by atoms with Crippen LogP contribution in [0.3, 0.4) is 0 Å². The van der Waals surface area contributed by atoms with Gasteiger partial charge in [0, 0.05) is 25.2 Å². The molecule has 4 amide bonds. The number of nitrogens with one attached hydrogen (secondary N) is 4. The van der Waals surface area contributed by atoms with E-state index in [4.69, 9.17) is 9.47 Å². The number of ether oxygens (including phenoxy) is 2. The monoisotopic (exact) mass is 662 g/mol. The number of hydrogen-bond acceptors (Lipinski definition) is 9. The summed E-state index contributed by atoms with van der Waals surface area (Å²) in [5, 5.41) is 30.7. The lowest BCUT2D eigenvalue weighted by molar-refractivity contribution is -0.135. The van der Waals surface area contributed by atoms with Crippen LogP contribution in [0.1, 0.15) is 44.4 Å². The third kappa shape index (κ3) is 12.8. The van der Waals surface area contributed by atoms with Crippen LogP contribution >= 0.6 is 0 Å². The van der Waals surface area contributed by atoms with Crippen molar-refractivity contribution in [2.45, 2.75) is 64.9 Å². The molecule has 3 rings (SSSR count). The molecule has 2 aromatic rings. The Hall–Kier alpha value is -4.77. The van der Waals surface area contributed by atoms with Crippen molar-refractivity contribution in [1.82, 2.24) is 26.2 Å². The molecule has 1 heterocycles. The molecule has 3 atom stereocenters. The van der Waals surface area contributed by atoms with Gasteiger partial charge in [-0.15, -0.1) is 0 Å². The van der Waals surface area contributed by atoms with Crippen LogP contribution in [0.15, 0.2) is 54.1 Å². The Bertz CT molecular complexity index is 1490. The van der Waals surface area contributed by atoms with E-state index in [1.165, 1.54) is 13.0 Å². The molecule has 5 N–H and O–H groups in total. The maximum Gasteiger partial charge on any atom is 0.262 e. The summed E-state index contributed by atoms with van der Waals surface area (Å²) in [7, 11) is 0. The van der Waals surface area contributed by atoms with Crippen LogP contribution in [0.2, 0.25) is 0 Å². The zero-order valence-electron chi connectivity index (χ0n) is 28.2. The molecule has 0 aliphatic carbocycles. The number of aliphatic hydroxyl groups is 1. The van der Waals surface area contributed by atoms with E-state index in [-0.39, 0.29) is 25.3 Å². The Labute approximate surface area is 281 Å². The molecule has 1 fully saturated rings. The molecule has 1 aliphatic rings. The van der Waals surface area contributed by atoms with Gasteiger partial charge in [0.15, 0.2) is 0 Å². The largest absolute Gasteiger partial charge is 0.491 e.